The fourth-order valence-corrected chi connectivity index (χ4v) is 3.64. The summed E-state index contributed by atoms with van der Waals surface area (Å²) in [7, 11) is 0. The Labute approximate surface area is 131 Å². The van der Waals surface area contributed by atoms with Crippen LogP contribution in [0.1, 0.15) is 45.8 Å². The van der Waals surface area contributed by atoms with E-state index in [0.717, 1.165) is 17.7 Å². The number of hydrogen-bond acceptors (Lipinski definition) is 3. The van der Waals surface area contributed by atoms with Crippen molar-refractivity contribution in [1.29, 1.82) is 0 Å². The molecule has 1 aliphatic rings. The van der Waals surface area contributed by atoms with Crippen LogP contribution >= 0.6 is 11.8 Å². The summed E-state index contributed by atoms with van der Waals surface area (Å²) in [5.41, 5.74) is 1.61. The lowest BCUT2D eigenvalue weighted by Crippen LogP contribution is -2.31. The highest BCUT2D eigenvalue weighted by Crippen LogP contribution is 2.37. The largest absolute Gasteiger partial charge is 0.356 e. The number of amides is 1. The molecular weight excluding hydrogens is 303 g/mol. The summed E-state index contributed by atoms with van der Waals surface area (Å²) >= 11 is 1.47. The van der Waals surface area contributed by atoms with Crippen LogP contribution in [0.4, 0.5) is 4.39 Å². The summed E-state index contributed by atoms with van der Waals surface area (Å²) < 4.78 is 13.8. The number of benzene rings is 1. The summed E-state index contributed by atoms with van der Waals surface area (Å²) in [6.07, 6.45) is 2.26. The van der Waals surface area contributed by atoms with Gasteiger partial charge in [0.1, 0.15) is 11.5 Å². The molecule has 0 saturated carbocycles. The number of rotatable bonds is 3. The summed E-state index contributed by atoms with van der Waals surface area (Å²) in [6.45, 7) is 1.45. The van der Waals surface area contributed by atoms with E-state index in [9.17, 15) is 14.0 Å². The number of Topliss-reactive ketones (excluding diaryl/α,β-unsaturated/α-hetero) is 1. The van der Waals surface area contributed by atoms with Crippen LogP contribution in [0.25, 0.3) is 0 Å². The van der Waals surface area contributed by atoms with E-state index in [1.807, 2.05) is 6.07 Å². The molecule has 2 N–H and O–H groups in total. The highest BCUT2D eigenvalue weighted by molar-refractivity contribution is 7.99. The monoisotopic (exact) mass is 318 g/mol. The second-order valence-corrected chi connectivity index (χ2v) is 6.28. The Kier molecular flexibility index (Phi) is 4.02. The summed E-state index contributed by atoms with van der Waals surface area (Å²) in [6, 6.07) is 6.23. The Balaban J connectivity index is 1.80. The molecule has 0 spiro atoms. The van der Waals surface area contributed by atoms with Crippen molar-refractivity contribution in [3.05, 3.63) is 53.1 Å². The van der Waals surface area contributed by atoms with Crippen molar-refractivity contribution in [3.63, 3.8) is 0 Å². The molecule has 2 aromatic rings. The van der Waals surface area contributed by atoms with E-state index < -0.39 is 0 Å². The number of thioether (sulfide) groups is 1. The molecule has 2 heterocycles. The first kappa shape index (κ1) is 14.8. The molecule has 0 aliphatic carbocycles. The lowest BCUT2D eigenvalue weighted by atomic mass is 10.0. The average molecular weight is 318 g/mol. The first-order valence-electron chi connectivity index (χ1n) is 6.97. The minimum Gasteiger partial charge on any atom is -0.356 e. The van der Waals surface area contributed by atoms with E-state index in [-0.39, 0.29) is 23.5 Å². The van der Waals surface area contributed by atoms with Crippen LogP contribution in [0.3, 0.4) is 0 Å². The predicted octanol–water partition coefficient (Wildman–Crippen LogP) is 3.32. The third-order valence-electron chi connectivity index (χ3n) is 3.67. The average Bonchev–Trinajstić information content (AvgIpc) is 2.98. The van der Waals surface area contributed by atoms with Gasteiger partial charge in [-0.15, -0.1) is 11.8 Å². The molecular formula is C16H15FN2O2S. The van der Waals surface area contributed by atoms with Crippen LogP contribution in [0, 0.1) is 5.82 Å². The number of carbonyl (C=O) groups excluding carboxylic acids is 2. The normalized spacial score (nSPS) is 16.9. The third kappa shape index (κ3) is 2.78. The number of aromatic nitrogens is 1. The molecule has 0 bridgehead atoms. The standard InChI is InChI=1S/C16H15FN2O2S/c1-9(20)10-7-14(18-8-10)16(21)19-13-5-6-22-15-11(13)3-2-4-12(15)17/h2-4,7-8,13,18H,5-6H2,1H3,(H,19,21)/t13-/m0/s1. The molecule has 0 radical (unpaired) electrons. The fourth-order valence-electron chi connectivity index (χ4n) is 2.50. The van der Waals surface area contributed by atoms with E-state index in [1.165, 1.54) is 37.0 Å². The van der Waals surface area contributed by atoms with Crippen molar-refractivity contribution in [3.8, 4) is 0 Å². The van der Waals surface area contributed by atoms with Crippen LogP contribution in [-0.4, -0.2) is 22.4 Å². The number of nitrogens with one attached hydrogen (secondary N) is 2. The third-order valence-corrected chi connectivity index (χ3v) is 4.82. The topological polar surface area (TPSA) is 62.0 Å². The maximum atomic E-state index is 13.8. The first-order valence-corrected chi connectivity index (χ1v) is 7.96. The number of hydrogen-bond donors (Lipinski definition) is 2. The first-order chi connectivity index (χ1) is 10.6. The van der Waals surface area contributed by atoms with E-state index in [2.05, 4.69) is 10.3 Å². The minimum absolute atomic E-state index is 0.100. The Morgan fingerprint density at radius 3 is 2.95 bits per heavy atom. The maximum Gasteiger partial charge on any atom is 0.268 e. The van der Waals surface area contributed by atoms with Gasteiger partial charge in [-0.25, -0.2) is 4.39 Å². The van der Waals surface area contributed by atoms with E-state index >= 15 is 0 Å². The molecule has 1 amide bonds. The van der Waals surface area contributed by atoms with Gasteiger partial charge >= 0.3 is 0 Å². The maximum absolute atomic E-state index is 13.8. The van der Waals surface area contributed by atoms with Crippen LogP contribution < -0.4 is 5.32 Å². The summed E-state index contributed by atoms with van der Waals surface area (Å²) in [5.74, 6) is 0.110. The van der Waals surface area contributed by atoms with Crippen molar-refractivity contribution in [2.45, 2.75) is 24.3 Å². The second kappa shape index (κ2) is 5.96. The smallest absolute Gasteiger partial charge is 0.268 e. The van der Waals surface area contributed by atoms with Crippen molar-refractivity contribution < 1.29 is 14.0 Å². The Hall–Kier alpha value is -2.08. The van der Waals surface area contributed by atoms with Gasteiger partial charge in [0.2, 0.25) is 0 Å². The number of ketones is 1. The zero-order valence-corrected chi connectivity index (χ0v) is 12.8. The van der Waals surface area contributed by atoms with Crippen molar-refractivity contribution in [2.24, 2.45) is 0 Å². The van der Waals surface area contributed by atoms with Gasteiger partial charge in [0.15, 0.2) is 5.78 Å². The molecule has 1 aliphatic heterocycles. The SMILES string of the molecule is CC(=O)c1c[nH]c(C(=O)N[C@H]2CCSc3c(F)cccc32)c1. The van der Waals surface area contributed by atoms with Gasteiger partial charge in [-0.05, 0) is 31.0 Å². The molecule has 6 heteroatoms. The summed E-state index contributed by atoms with van der Waals surface area (Å²) in [4.78, 5) is 27.0. The Morgan fingerprint density at radius 2 is 2.23 bits per heavy atom. The van der Waals surface area contributed by atoms with Gasteiger partial charge in [-0.2, -0.15) is 0 Å². The molecule has 0 unspecified atom stereocenters. The molecule has 0 saturated heterocycles. The van der Waals surface area contributed by atoms with Crippen molar-refractivity contribution in [2.75, 3.05) is 5.75 Å². The highest BCUT2D eigenvalue weighted by Gasteiger charge is 2.25. The van der Waals surface area contributed by atoms with Crippen LogP contribution in [0.2, 0.25) is 0 Å². The quantitative estimate of drug-likeness (QED) is 0.853. The van der Waals surface area contributed by atoms with Gasteiger partial charge in [-0.3, -0.25) is 9.59 Å². The number of fused-ring (bicyclic) bond motifs is 1. The van der Waals surface area contributed by atoms with E-state index in [1.54, 1.807) is 6.07 Å². The molecule has 1 aromatic carbocycles. The second-order valence-electron chi connectivity index (χ2n) is 5.18. The molecule has 3 rings (SSSR count). The molecule has 0 fully saturated rings. The number of aromatic amines is 1. The van der Waals surface area contributed by atoms with E-state index in [4.69, 9.17) is 0 Å². The molecule has 1 atom stereocenters. The van der Waals surface area contributed by atoms with Gasteiger partial charge < -0.3 is 10.3 Å². The van der Waals surface area contributed by atoms with Crippen molar-refractivity contribution >= 4 is 23.5 Å². The van der Waals surface area contributed by atoms with Gasteiger partial charge in [0, 0.05) is 22.4 Å². The Morgan fingerprint density at radius 1 is 1.41 bits per heavy atom. The van der Waals surface area contributed by atoms with E-state index in [0.29, 0.717) is 16.2 Å². The number of halogens is 1. The highest BCUT2D eigenvalue weighted by atomic mass is 32.2. The zero-order valence-electron chi connectivity index (χ0n) is 12.0. The molecule has 1 aromatic heterocycles. The van der Waals surface area contributed by atoms with Gasteiger partial charge in [0.25, 0.3) is 5.91 Å². The lowest BCUT2D eigenvalue weighted by Gasteiger charge is -2.26. The number of H-pyrrole nitrogens is 1. The Bertz CT molecular complexity index is 741. The van der Waals surface area contributed by atoms with Crippen LogP contribution in [0.5, 0.6) is 0 Å². The van der Waals surface area contributed by atoms with Gasteiger partial charge in [-0.1, -0.05) is 12.1 Å². The zero-order chi connectivity index (χ0) is 15.7. The molecule has 22 heavy (non-hydrogen) atoms. The van der Waals surface area contributed by atoms with Crippen molar-refractivity contribution in [1.82, 2.24) is 10.3 Å². The van der Waals surface area contributed by atoms with Crippen LogP contribution in [-0.2, 0) is 0 Å². The fraction of sp³-hybridized carbons (Fsp3) is 0.250. The minimum atomic E-state index is -0.292. The lowest BCUT2D eigenvalue weighted by molar-refractivity contribution is 0.0930. The van der Waals surface area contributed by atoms with Gasteiger partial charge in [0.05, 0.1) is 6.04 Å². The molecule has 4 nitrogen and oxygen atoms in total. The molecule has 114 valence electrons. The van der Waals surface area contributed by atoms with Crippen LogP contribution in [0.15, 0.2) is 35.4 Å². The predicted molar refractivity (Wildman–Crippen MR) is 82.7 cm³/mol. The summed E-state index contributed by atoms with van der Waals surface area (Å²) in [5, 5.41) is 2.91. The number of carbonyl (C=O) groups is 2.